The molecule has 0 aromatic carbocycles. The van der Waals surface area contributed by atoms with E-state index in [1.54, 1.807) is 12.1 Å². The summed E-state index contributed by atoms with van der Waals surface area (Å²) in [5, 5.41) is 13.1. The van der Waals surface area contributed by atoms with E-state index in [0.29, 0.717) is 28.1 Å². The van der Waals surface area contributed by atoms with E-state index in [9.17, 15) is 4.79 Å². The van der Waals surface area contributed by atoms with Crippen LogP contribution in [0.5, 0.6) is 0 Å². The molecule has 3 rings (SSSR count). The molecule has 21 heavy (non-hydrogen) atoms. The zero-order valence-corrected chi connectivity index (χ0v) is 12.2. The van der Waals surface area contributed by atoms with E-state index in [-0.39, 0.29) is 6.42 Å². The third-order valence-corrected chi connectivity index (χ3v) is 3.68. The van der Waals surface area contributed by atoms with E-state index in [1.807, 2.05) is 16.8 Å². The summed E-state index contributed by atoms with van der Waals surface area (Å²) in [7, 11) is 0. The van der Waals surface area contributed by atoms with Gasteiger partial charge in [-0.2, -0.15) is 11.3 Å². The van der Waals surface area contributed by atoms with E-state index in [0.717, 1.165) is 5.56 Å². The lowest BCUT2D eigenvalue weighted by atomic mass is 10.2. The molecular formula is C14H9ClN2O3S. The van der Waals surface area contributed by atoms with Crippen molar-refractivity contribution >= 4 is 28.9 Å². The molecule has 0 radical (unpaired) electrons. The smallest absolute Gasteiger partial charge is 0.309 e. The van der Waals surface area contributed by atoms with Crippen LogP contribution in [-0.4, -0.2) is 21.0 Å². The zero-order valence-electron chi connectivity index (χ0n) is 10.6. The van der Waals surface area contributed by atoms with Crippen LogP contribution < -0.4 is 0 Å². The molecule has 0 saturated carbocycles. The SMILES string of the molecule is O=C(O)Cc1nc(-c2ccc(Cl)nc2)oc1-c1ccsc1. The van der Waals surface area contributed by atoms with Gasteiger partial charge in [-0.15, -0.1) is 0 Å². The van der Waals surface area contributed by atoms with Crippen LogP contribution in [-0.2, 0) is 11.2 Å². The highest BCUT2D eigenvalue weighted by atomic mass is 35.5. The van der Waals surface area contributed by atoms with Crippen molar-refractivity contribution < 1.29 is 14.3 Å². The second-order valence-corrected chi connectivity index (χ2v) is 5.41. The normalized spacial score (nSPS) is 10.7. The van der Waals surface area contributed by atoms with Gasteiger partial charge in [0.1, 0.15) is 5.15 Å². The van der Waals surface area contributed by atoms with Gasteiger partial charge in [0.2, 0.25) is 5.89 Å². The summed E-state index contributed by atoms with van der Waals surface area (Å²) in [5.74, 6) is -0.152. The number of nitrogens with zero attached hydrogens (tertiary/aromatic N) is 2. The van der Waals surface area contributed by atoms with Crippen molar-refractivity contribution in [2.45, 2.75) is 6.42 Å². The average Bonchev–Trinajstić information content (AvgIpc) is 3.08. The zero-order chi connectivity index (χ0) is 14.8. The van der Waals surface area contributed by atoms with Crippen LogP contribution in [0.2, 0.25) is 5.15 Å². The Morgan fingerprint density at radius 3 is 2.81 bits per heavy atom. The topological polar surface area (TPSA) is 76.2 Å². The van der Waals surface area contributed by atoms with E-state index in [4.69, 9.17) is 21.1 Å². The van der Waals surface area contributed by atoms with Crippen molar-refractivity contribution in [3.05, 3.63) is 46.0 Å². The van der Waals surface area contributed by atoms with Gasteiger partial charge >= 0.3 is 5.97 Å². The average molecular weight is 321 g/mol. The number of halogens is 1. The van der Waals surface area contributed by atoms with E-state index >= 15 is 0 Å². The number of aliphatic carboxylic acids is 1. The largest absolute Gasteiger partial charge is 0.481 e. The van der Waals surface area contributed by atoms with Crippen LogP contribution in [0.4, 0.5) is 0 Å². The number of hydrogen-bond acceptors (Lipinski definition) is 5. The summed E-state index contributed by atoms with van der Waals surface area (Å²) in [6.45, 7) is 0. The number of oxazole rings is 1. The number of carbonyl (C=O) groups is 1. The molecule has 0 fully saturated rings. The first-order chi connectivity index (χ1) is 10.1. The maximum absolute atomic E-state index is 11.0. The second kappa shape index (κ2) is 5.67. The van der Waals surface area contributed by atoms with Crippen LogP contribution in [0.1, 0.15) is 5.69 Å². The molecule has 0 bridgehead atoms. The van der Waals surface area contributed by atoms with Crippen molar-refractivity contribution in [2.24, 2.45) is 0 Å². The lowest BCUT2D eigenvalue weighted by Gasteiger charge is -1.95. The summed E-state index contributed by atoms with van der Waals surface area (Å²) >= 11 is 7.25. The number of carboxylic acids is 1. The van der Waals surface area contributed by atoms with E-state index in [2.05, 4.69) is 9.97 Å². The van der Waals surface area contributed by atoms with Crippen LogP contribution in [0.25, 0.3) is 22.8 Å². The second-order valence-electron chi connectivity index (χ2n) is 4.25. The fourth-order valence-corrected chi connectivity index (χ4v) is 2.61. The molecule has 0 aliphatic rings. The van der Waals surface area contributed by atoms with Crippen LogP contribution in [0.15, 0.2) is 39.6 Å². The Morgan fingerprint density at radius 2 is 2.19 bits per heavy atom. The Hall–Kier alpha value is -2.18. The Labute approximate surface area is 128 Å². The van der Waals surface area contributed by atoms with Crippen molar-refractivity contribution in [3.63, 3.8) is 0 Å². The fourth-order valence-electron chi connectivity index (χ4n) is 1.86. The molecule has 1 N–H and O–H groups in total. The van der Waals surface area contributed by atoms with E-state index < -0.39 is 5.97 Å². The predicted molar refractivity (Wildman–Crippen MR) is 79.4 cm³/mol. The minimum absolute atomic E-state index is 0.199. The number of carboxylic acid groups (broad SMARTS) is 1. The molecule has 7 heteroatoms. The number of thiophene rings is 1. The van der Waals surface area contributed by atoms with Crippen molar-refractivity contribution in [2.75, 3.05) is 0 Å². The van der Waals surface area contributed by atoms with Crippen molar-refractivity contribution in [1.82, 2.24) is 9.97 Å². The van der Waals surface area contributed by atoms with Gasteiger partial charge in [-0.1, -0.05) is 11.6 Å². The molecular weight excluding hydrogens is 312 g/mol. The fraction of sp³-hybridized carbons (Fsp3) is 0.0714. The first-order valence-corrected chi connectivity index (χ1v) is 7.31. The molecule has 5 nitrogen and oxygen atoms in total. The van der Waals surface area contributed by atoms with Gasteiger partial charge in [0.15, 0.2) is 5.76 Å². The molecule has 3 aromatic rings. The predicted octanol–water partition coefficient (Wildman–Crippen LogP) is 3.75. The van der Waals surface area contributed by atoms with Crippen molar-refractivity contribution in [1.29, 1.82) is 0 Å². The van der Waals surface area contributed by atoms with Gasteiger partial charge in [0.25, 0.3) is 0 Å². The van der Waals surface area contributed by atoms with Gasteiger partial charge in [0, 0.05) is 17.1 Å². The maximum Gasteiger partial charge on any atom is 0.309 e. The molecule has 3 aromatic heterocycles. The van der Waals surface area contributed by atoms with Gasteiger partial charge in [-0.25, -0.2) is 9.97 Å². The lowest BCUT2D eigenvalue weighted by Crippen LogP contribution is -2.01. The molecule has 0 aliphatic heterocycles. The van der Waals surface area contributed by atoms with E-state index in [1.165, 1.54) is 17.5 Å². The monoisotopic (exact) mass is 320 g/mol. The molecule has 0 atom stereocenters. The van der Waals surface area contributed by atoms with Crippen LogP contribution in [0.3, 0.4) is 0 Å². The molecule has 0 saturated heterocycles. The Bertz CT molecular complexity index is 766. The maximum atomic E-state index is 11.0. The summed E-state index contributed by atoms with van der Waals surface area (Å²) in [6.07, 6.45) is 1.34. The molecule has 3 heterocycles. The first kappa shape index (κ1) is 13.8. The number of rotatable bonds is 4. The highest BCUT2D eigenvalue weighted by Gasteiger charge is 2.19. The number of hydrogen-bond donors (Lipinski definition) is 1. The first-order valence-electron chi connectivity index (χ1n) is 5.99. The van der Waals surface area contributed by atoms with Crippen molar-refractivity contribution in [3.8, 4) is 22.8 Å². The summed E-state index contributed by atoms with van der Waals surface area (Å²) in [5.41, 5.74) is 1.86. The minimum Gasteiger partial charge on any atom is -0.481 e. The lowest BCUT2D eigenvalue weighted by molar-refractivity contribution is -0.136. The quantitative estimate of drug-likeness (QED) is 0.741. The Kier molecular flexibility index (Phi) is 3.72. The van der Waals surface area contributed by atoms with Gasteiger partial charge in [-0.3, -0.25) is 4.79 Å². The summed E-state index contributed by atoms with van der Waals surface area (Å²) in [6, 6.07) is 5.21. The molecule has 0 aliphatic carbocycles. The molecule has 106 valence electrons. The summed E-state index contributed by atoms with van der Waals surface area (Å²) in [4.78, 5) is 19.2. The highest BCUT2D eigenvalue weighted by Crippen LogP contribution is 2.31. The Balaban J connectivity index is 2.07. The van der Waals surface area contributed by atoms with Gasteiger partial charge in [0.05, 0.1) is 17.7 Å². The third kappa shape index (κ3) is 2.96. The molecule has 0 spiro atoms. The van der Waals surface area contributed by atoms with Gasteiger partial charge in [-0.05, 0) is 23.6 Å². The minimum atomic E-state index is -0.958. The third-order valence-electron chi connectivity index (χ3n) is 2.77. The highest BCUT2D eigenvalue weighted by molar-refractivity contribution is 7.08. The number of pyridine rings is 1. The molecule has 0 amide bonds. The van der Waals surface area contributed by atoms with Crippen LogP contribution in [0, 0.1) is 0 Å². The molecule has 0 unspecified atom stereocenters. The summed E-state index contributed by atoms with van der Waals surface area (Å²) < 4.78 is 5.74. The number of aromatic nitrogens is 2. The Morgan fingerprint density at radius 1 is 1.33 bits per heavy atom. The standard InChI is InChI=1S/C14H9ClN2O3S/c15-11-2-1-8(6-16-11)14-17-10(5-12(18)19)13(20-14)9-3-4-21-7-9/h1-4,6-7H,5H2,(H,18,19). The van der Waals surface area contributed by atoms with Gasteiger partial charge < -0.3 is 9.52 Å². The van der Waals surface area contributed by atoms with Crippen LogP contribution >= 0.6 is 22.9 Å².